The molecule has 20 heavy (non-hydrogen) atoms. The Morgan fingerprint density at radius 3 is 1.55 bits per heavy atom. The van der Waals surface area contributed by atoms with E-state index in [4.69, 9.17) is 12.8 Å². The van der Waals surface area contributed by atoms with Gasteiger partial charge in [0.1, 0.15) is 17.7 Å². The Morgan fingerprint density at radius 1 is 0.800 bits per heavy atom. The number of hydrogen-bond donors (Lipinski definition) is 0. The molecule has 0 unspecified atom stereocenters. The fourth-order valence-corrected chi connectivity index (χ4v) is 2.03. The Hall–Kier alpha value is -2.78. The highest BCUT2D eigenvalue weighted by molar-refractivity contribution is 5.36. The van der Waals surface area contributed by atoms with Crippen molar-refractivity contribution in [3.63, 3.8) is 0 Å². The fourth-order valence-electron chi connectivity index (χ4n) is 2.03. The molecular formula is C17H11F2N. The van der Waals surface area contributed by atoms with E-state index in [0.717, 1.165) is 4.90 Å². The molecule has 2 rings (SSSR count). The van der Waals surface area contributed by atoms with Crippen LogP contribution in [0.4, 0.5) is 8.78 Å². The molecular weight excluding hydrogens is 256 g/mol. The summed E-state index contributed by atoms with van der Waals surface area (Å²) in [6.45, 7) is 0. The monoisotopic (exact) mass is 267 g/mol. The van der Waals surface area contributed by atoms with Crippen LogP contribution in [0.3, 0.4) is 0 Å². The van der Waals surface area contributed by atoms with Crippen molar-refractivity contribution in [3.8, 4) is 24.9 Å². The molecule has 0 aromatic heterocycles. The summed E-state index contributed by atoms with van der Waals surface area (Å²) in [6.07, 6.45) is 10.7. The molecule has 0 aliphatic carbocycles. The Labute approximate surface area is 116 Å². The van der Waals surface area contributed by atoms with Crippen molar-refractivity contribution in [1.82, 2.24) is 4.90 Å². The molecule has 2 aromatic rings. The van der Waals surface area contributed by atoms with E-state index in [-0.39, 0.29) is 11.1 Å². The number of terminal acetylenes is 2. The lowest BCUT2D eigenvalue weighted by atomic mass is 9.96. The average molecular weight is 267 g/mol. The van der Waals surface area contributed by atoms with Crippen LogP contribution in [0.5, 0.6) is 0 Å². The van der Waals surface area contributed by atoms with Gasteiger partial charge in [-0.2, -0.15) is 0 Å². The zero-order valence-electron chi connectivity index (χ0n) is 10.6. The molecule has 0 aliphatic rings. The quantitative estimate of drug-likeness (QED) is 0.607. The topological polar surface area (TPSA) is 3.24 Å². The maximum absolute atomic E-state index is 14.0. The summed E-state index contributed by atoms with van der Waals surface area (Å²) in [5.74, 6) is -0.979. The van der Waals surface area contributed by atoms with Crippen LogP contribution >= 0.6 is 0 Å². The minimum atomic E-state index is -0.868. The molecule has 0 fully saturated rings. The first-order chi connectivity index (χ1) is 9.69. The van der Waals surface area contributed by atoms with Crippen molar-refractivity contribution in [1.29, 1.82) is 0 Å². The molecule has 0 radical (unpaired) electrons. The average Bonchev–Trinajstić information content (AvgIpc) is 2.47. The summed E-state index contributed by atoms with van der Waals surface area (Å²) < 4.78 is 28.0. The van der Waals surface area contributed by atoms with Gasteiger partial charge in [-0.15, -0.1) is 0 Å². The first kappa shape index (κ1) is 13.6. The first-order valence-corrected chi connectivity index (χ1v) is 5.89. The molecule has 2 aromatic carbocycles. The number of benzene rings is 2. The second kappa shape index (κ2) is 5.91. The van der Waals surface area contributed by atoms with E-state index in [1.54, 1.807) is 24.3 Å². The second-order valence-corrected chi connectivity index (χ2v) is 4.07. The van der Waals surface area contributed by atoms with E-state index in [1.165, 1.54) is 24.3 Å². The van der Waals surface area contributed by atoms with Gasteiger partial charge in [0.05, 0.1) is 0 Å². The number of nitrogens with zero attached hydrogens (tertiary/aromatic N) is 1. The van der Waals surface area contributed by atoms with Gasteiger partial charge in [-0.05, 0) is 12.1 Å². The van der Waals surface area contributed by atoms with Gasteiger partial charge in [0.15, 0.2) is 0 Å². The van der Waals surface area contributed by atoms with Crippen LogP contribution < -0.4 is 0 Å². The maximum atomic E-state index is 14.0. The molecule has 0 amide bonds. The van der Waals surface area contributed by atoms with Crippen LogP contribution in [0.2, 0.25) is 0 Å². The summed E-state index contributed by atoms with van der Waals surface area (Å²) in [7, 11) is 0. The first-order valence-electron chi connectivity index (χ1n) is 5.89. The lowest BCUT2D eigenvalue weighted by molar-refractivity contribution is 0.436. The van der Waals surface area contributed by atoms with Gasteiger partial charge >= 0.3 is 0 Å². The van der Waals surface area contributed by atoms with Crippen LogP contribution in [-0.2, 0) is 0 Å². The van der Waals surface area contributed by atoms with Crippen LogP contribution in [-0.4, -0.2) is 4.90 Å². The third-order valence-corrected chi connectivity index (χ3v) is 2.94. The Bertz CT molecular complexity index is 635. The van der Waals surface area contributed by atoms with Crippen LogP contribution in [0.25, 0.3) is 0 Å². The van der Waals surface area contributed by atoms with E-state index < -0.39 is 17.7 Å². The SMILES string of the molecule is C#CN(C#C)C(c1ccccc1F)c1ccccc1F. The smallest absolute Gasteiger partial charge is 0.128 e. The highest BCUT2D eigenvalue weighted by atomic mass is 19.1. The molecule has 98 valence electrons. The summed E-state index contributed by atoms with van der Waals surface area (Å²) in [5.41, 5.74) is 0.460. The van der Waals surface area contributed by atoms with Gasteiger partial charge in [0.2, 0.25) is 0 Å². The van der Waals surface area contributed by atoms with Gasteiger partial charge in [-0.3, -0.25) is 0 Å². The van der Waals surface area contributed by atoms with E-state index in [1.807, 2.05) is 0 Å². The molecule has 3 heteroatoms. The van der Waals surface area contributed by atoms with Crippen molar-refractivity contribution in [3.05, 3.63) is 71.3 Å². The zero-order valence-corrected chi connectivity index (χ0v) is 10.6. The third kappa shape index (κ3) is 2.48. The highest BCUT2D eigenvalue weighted by Crippen LogP contribution is 2.31. The molecule has 0 saturated carbocycles. The van der Waals surface area contributed by atoms with Crippen molar-refractivity contribution in [2.24, 2.45) is 0 Å². The van der Waals surface area contributed by atoms with E-state index in [0.29, 0.717) is 0 Å². The van der Waals surface area contributed by atoms with Crippen molar-refractivity contribution >= 4 is 0 Å². The molecule has 0 bridgehead atoms. The van der Waals surface area contributed by atoms with Crippen LogP contribution in [0, 0.1) is 36.6 Å². The number of hydrogen-bond acceptors (Lipinski definition) is 1. The fraction of sp³-hybridized carbons (Fsp3) is 0.0588. The summed E-state index contributed by atoms with van der Waals surface area (Å²) in [4.78, 5) is 1.11. The highest BCUT2D eigenvalue weighted by Gasteiger charge is 2.25. The molecule has 0 spiro atoms. The van der Waals surface area contributed by atoms with Crippen molar-refractivity contribution in [2.75, 3.05) is 0 Å². The third-order valence-electron chi connectivity index (χ3n) is 2.94. The summed E-state index contributed by atoms with van der Waals surface area (Å²) in [5, 5.41) is 0. The minimum absolute atomic E-state index is 0.230. The standard InChI is InChI=1S/C17H11F2N/c1-3-20(4-2)17(13-9-5-7-11-15(13)18)14-10-6-8-12-16(14)19/h1-2,5-12,17H. The Balaban J connectivity index is 2.64. The molecule has 0 aliphatic heterocycles. The van der Waals surface area contributed by atoms with Crippen molar-refractivity contribution in [2.45, 2.75) is 6.04 Å². The number of halogens is 2. The minimum Gasteiger partial charge on any atom is -0.248 e. The lowest BCUT2D eigenvalue weighted by Gasteiger charge is -2.24. The van der Waals surface area contributed by atoms with Crippen LogP contribution in [0.15, 0.2) is 48.5 Å². The van der Waals surface area contributed by atoms with Crippen molar-refractivity contribution < 1.29 is 8.78 Å². The van der Waals surface area contributed by atoms with E-state index in [2.05, 4.69) is 12.1 Å². The largest absolute Gasteiger partial charge is 0.248 e. The predicted molar refractivity (Wildman–Crippen MR) is 74.1 cm³/mol. The van der Waals surface area contributed by atoms with E-state index >= 15 is 0 Å². The van der Waals surface area contributed by atoms with Gasteiger partial charge in [0.25, 0.3) is 0 Å². The molecule has 0 N–H and O–H groups in total. The normalized spacial score (nSPS) is 9.85. The number of rotatable bonds is 3. The summed E-state index contributed by atoms with van der Waals surface area (Å²) in [6, 6.07) is 15.7. The van der Waals surface area contributed by atoms with E-state index in [9.17, 15) is 8.78 Å². The van der Waals surface area contributed by atoms with Gasteiger partial charge in [0, 0.05) is 23.2 Å². The van der Waals surface area contributed by atoms with Gasteiger partial charge in [-0.25, -0.2) is 13.7 Å². The summed E-state index contributed by atoms with van der Waals surface area (Å²) >= 11 is 0. The lowest BCUT2D eigenvalue weighted by Crippen LogP contribution is -2.22. The Morgan fingerprint density at radius 2 is 1.20 bits per heavy atom. The predicted octanol–water partition coefficient (Wildman–Crippen LogP) is 3.54. The van der Waals surface area contributed by atoms with Gasteiger partial charge in [-0.1, -0.05) is 49.2 Å². The van der Waals surface area contributed by atoms with Gasteiger partial charge < -0.3 is 0 Å². The second-order valence-electron chi connectivity index (χ2n) is 4.07. The zero-order chi connectivity index (χ0) is 14.5. The Kier molecular flexibility index (Phi) is 4.03. The molecule has 0 heterocycles. The molecule has 0 atom stereocenters. The maximum Gasteiger partial charge on any atom is 0.128 e. The molecule has 1 nitrogen and oxygen atoms in total. The molecule has 0 saturated heterocycles. The van der Waals surface area contributed by atoms with Crippen LogP contribution in [0.1, 0.15) is 17.2 Å².